The third-order valence-corrected chi connectivity index (χ3v) is 6.83. The minimum absolute atomic E-state index is 0.0406. The van der Waals surface area contributed by atoms with Crippen LogP contribution in [0.3, 0.4) is 0 Å². The highest BCUT2D eigenvalue weighted by atomic mass is 79.9. The Hall–Kier alpha value is -2.69. The average Bonchev–Trinajstić information content (AvgIpc) is 3.29. The first-order valence-corrected chi connectivity index (χ1v) is 11.3. The number of non-ortho nitro benzene ring substituents is 1. The van der Waals surface area contributed by atoms with E-state index in [9.17, 15) is 19.7 Å². The molecule has 0 bridgehead atoms. The summed E-state index contributed by atoms with van der Waals surface area (Å²) in [4.78, 5) is 37.0. The lowest BCUT2D eigenvalue weighted by molar-refractivity contribution is -0.384. The minimum Gasteiger partial charge on any atom is -0.457 e. The van der Waals surface area contributed by atoms with E-state index >= 15 is 0 Å². The van der Waals surface area contributed by atoms with Crippen molar-refractivity contribution in [2.45, 2.75) is 6.54 Å². The Balaban J connectivity index is 1.56. The van der Waals surface area contributed by atoms with Gasteiger partial charge in [-0.15, -0.1) is 0 Å². The first-order valence-electron chi connectivity index (χ1n) is 8.86. The van der Waals surface area contributed by atoms with Gasteiger partial charge in [0, 0.05) is 32.7 Å². The number of hydrogen-bond donors (Lipinski definition) is 0. The van der Waals surface area contributed by atoms with Crippen LogP contribution in [0.15, 0.2) is 72.9 Å². The molecule has 0 N–H and O–H groups in total. The van der Waals surface area contributed by atoms with Crippen LogP contribution < -0.4 is 0 Å². The van der Waals surface area contributed by atoms with E-state index in [-0.39, 0.29) is 28.3 Å². The van der Waals surface area contributed by atoms with Crippen LogP contribution in [0.2, 0.25) is 0 Å². The highest BCUT2D eigenvalue weighted by Crippen LogP contribution is 2.36. The summed E-state index contributed by atoms with van der Waals surface area (Å²) in [6.45, 7) is 0.169. The van der Waals surface area contributed by atoms with Gasteiger partial charge in [0.2, 0.25) is 0 Å². The summed E-state index contributed by atoms with van der Waals surface area (Å²) in [7, 11) is 0. The van der Waals surface area contributed by atoms with Crippen molar-refractivity contribution in [3.8, 4) is 11.3 Å². The summed E-state index contributed by atoms with van der Waals surface area (Å²) < 4.78 is 7.12. The predicted molar refractivity (Wildman–Crippen MR) is 124 cm³/mol. The predicted octanol–water partition coefficient (Wildman–Crippen LogP) is 6.62. The molecule has 0 aliphatic carbocycles. The molecule has 31 heavy (non-hydrogen) atoms. The summed E-state index contributed by atoms with van der Waals surface area (Å²) in [5, 5.41) is 10.6. The zero-order valence-corrected chi connectivity index (χ0v) is 19.6. The van der Waals surface area contributed by atoms with Crippen LogP contribution in [-0.2, 0) is 11.3 Å². The molecule has 0 unspecified atom stereocenters. The van der Waals surface area contributed by atoms with Gasteiger partial charge in [-0.3, -0.25) is 24.6 Å². The van der Waals surface area contributed by atoms with Gasteiger partial charge in [-0.2, -0.15) is 0 Å². The van der Waals surface area contributed by atoms with Crippen LogP contribution in [0.25, 0.3) is 17.4 Å². The van der Waals surface area contributed by atoms with Crippen LogP contribution in [0.1, 0.15) is 11.3 Å². The normalized spacial score (nSPS) is 15.2. The van der Waals surface area contributed by atoms with Crippen molar-refractivity contribution in [1.29, 1.82) is 0 Å². The molecule has 3 aromatic rings. The molecule has 2 heterocycles. The molecule has 10 heteroatoms. The zero-order valence-electron chi connectivity index (χ0n) is 15.6. The lowest BCUT2D eigenvalue weighted by Crippen LogP contribution is -2.27. The van der Waals surface area contributed by atoms with E-state index in [4.69, 9.17) is 4.42 Å². The second-order valence-electron chi connectivity index (χ2n) is 6.48. The number of amides is 2. The molecule has 1 aliphatic rings. The fourth-order valence-corrected chi connectivity index (χ4v) is 4.75. The van der Waals surface area contributed by atoms with Gasteiger partial charge < -0.3 is 4.42 Å². The fourth-order valence-electron chi connectivity index (χ4n) is 2.96. The Labute approximate surface area is 197 Å². The second kappa shape index (κ2) is 8.81. The van der Waals surface area contributed by atoms with Gasteiger partial charge in [-0.05, 0) is 57.5 Å². The molecule has 156 valence electrons. The van der Waals surface area contributed by atoms with E-state index in [0.29, 0.717) is 21.6 Å². The van der Waals surface area contributed by atoms with Crippen molar-refractivity contribution in [3.63, 3.8) is 0 Å². The summed E-state index contributed by atoms with van der Waals surface area (Å²) >= 11 is 7.60. The number of rotatable bonds is 5. The van der Waals surface area contributed by atoms with Crippen LogP contribution in [-0.4, -0.2) is 21.0 Å². The van der Waals surface area contributed by atoms with Gasteiger partial charge in [-0.1, -0.05) is 34.1 Å². The third-order valence-electron chi connectivity index (χ3n) is 4.49. The van der Waals surface area contributed by atoms with Gasteiger partial charge in [-0.25, -0.2) is 0 Å². The highest BCUT2D eigenvalue weighted by molar-refractivity contribution is 9.10. The molecule has 4 rings (SSSR count). The van der Waals surface area contributed by atoms with Crippen LogP contribution in [0, 0.1) is 10.1 Å². The lowest BCUT2D eigenvalue weighted by atomic mass is 10.1. The minimum atomic E-state index is -0.480. The maximum atomic E-state index is 12.8. The molecule has 0 atom stereocenters. The van der Waals surface area contributed by atoms with E-state index in [2.05, 4.69) is 31.9 Å². The Morgan fingerprint density at radius 1 is 1.06 bits per heavy atom. The summed E-state index contributed by atoms with van der Waals surface area (Å²) in [5.74, 6) is 0.479. The number of nitrogens with zero attached hydrogens (tertiary/aromatic N) is 2. The molecule has 0 radical (unpaired) electrons. The Bertz CT molecular complexity index is 1250. The number of carbonyl (C=O) groups is 2. The molecular formula is C21H12Br2N2O5S. The number of nitro groups is 1. The summed E-state index contributed by atoms with van der Waals surface area (Å²) in [5.41, 5.74) is 1.42. The smallest absolute Gasteiger partial charge is 0.293 e. The van der Waals surface area contributed by atoms with E-state index < -0.39 is 4.92 Å². The topological polar surface area (TPSA) is 93.7 Å². The van der Waals surface area contributed by atoms with Gasteiger partial charge in [0.05, 0.1) is 16.4 Å². The summed E-state index contributed by atoms with van der Waals surface area (Å²) in [6, 6.07) is 15.1. The third kappa shape index (κ3) is 4.51. The number of benzene rings is 2. The average molecular weight is 564 g/mol. The van der Waals surface area contributed by atoms with Gasteiger partial charge in [0.1, 0.15) is 11.5 Å². The van der Waals surface area contributed by atoms with Crippen LogP contribution in [0.5, 0.6) is 0 Å². The Kier molecular flexibility index (Phi) is 6.12. The van der Waals surface area contributed by atoms with Crippen molar-refractivity contribution in [2.24, 2.45) is 0 Å². The van der Waals surface area contributed by atoms with Crippen molar-refractivity contribution < 1.29 is 18.9 Å². The lowest BCUT2D eigenvalue weighted by Gasteiger charge is -2.13. The Morgan fingerprint density at radius 3 is 2.55 bits per heavy atom. The number of furan rings is 1. The van der Waals surface area contributed by atoms with Gasteiger partial charge in [0.15, 0.2) is 0 Å². The molecule has 0 saturated carbocycles. The number of nitro benzene ring substituents is 1. The van der Waals surface area contributed by atoms with Gasteiger partial charge >= 0.3 is 0 Å². The van der Waals surface area contributed by atoms with Crippen molar-refractivity contribution in [3.05, 3.63) is 89.9 Å². The quantitative estimate of drug-likeness (QED) is 0.197. The summed E-state index contributed by atoms with van der Waals surface area (Å²) in [6.07, 6.45) is 1.52. The zero-order chi connectivity index (χ0) is 22.1. The number of carbonyl (C=O) groups excluding carboxylic acids is 2. The number of thioether (sulfide) groups is 1. The molecule has 2 aromatic carbocycles. The maximum absolute atomic E-state index is 12.8. The molecule has 0 spiro atoms. The van der Waals surface area contributed by atoms with E-state index in [0.717, 1.165) is 21.8 Å². The first kappa shape index (κ1) is 21.5. The molecular weight excluding hydrogens is 552 g/mol. The maximum Gasteiger partial charge on any atom is 0.293 e. The Morgan fingerprint density at radius 2 is 1.84 bits per heavy atom. The molecule has 1 saturated heterocycles. The largest absolute Gasteiger partial charge is 0.457 e. The van der Waals surface area contributed by atoms with Crippen molar-refractivity contribution in [2.75, 3.05) is 0 Å². The number of halogens is 2. The molecule has 1 fully saturated rings. The molecule has 1 aliphatic heterocycles. The highest BCUT2D eigenvalue weighted by Gasteiger charge is 2.35. The van der Waals surface area contributed by atoms with E-state index in [1.165, 1.54) is 23.1 Å². The molecule has 1 aromatic heterocycles. The van der Waals surface area contributed by atoms with Crippen LogP contribution in [0.4, 0.5) is 10.5 Å². The standard InChI is InChI=1S/C21H12Br2N2O5S/c22-16-4-2-1-3-12(16)11-24-20(26)19(31-21(24)27)10-14-6-8-18(30-14)15-7-5-13(25(28)29)9-17(15)23/h1-10H,11H2/b19-10-. The number of hydrogen-bond acceptors (Lipinski definition) is 6. The van der Waals surface area contributed by atoms with E-state index in [1.54, 1.807) is 18.2 Å². The SMILES string of the molecule is O=C1S/C(=C\c2ccc(-c3ccc([N+](=O)[O-])cc3Br)o2)C(=O)N1Cc1ccccc1Br. The molecule has 2 amide bonds. The monoisotopic (exact) mass is 562 g/mol. The number of imide groups is 1. The first-order chi connectivity index (χ1) is 14.8. The molecule has 7 nitrogen and oxygen atoms in total. The second-order valence-corrected chi connectivity index (χ2v) is 9.18. The van der Waals surface area contributed by atoms with Crippen molar-refractivity contribution in [1.82, 2.24) is 4.90 Å². The van der Waals surface area contributed by atoms with Gasteiger partial charge in [0.25, 0.3) is 16.8 Å². The fraction of sp³-hybridized carbons (Fsp3) is 0.0476. The van der Waals surface area contributed by atoms with Crippen molar-refractivity contribution >= 4 is 66.5 Å². The van der Waals surface area contributed by atoms with E-state index in [1.807, 2.05) is 24.3 Å². The van der Waals surface area contributed by atoms with Crippen LogP contribution >= 0.6 is 43.6 Å².